The summed E-state index contributed by atoms with van der Waals surface area (Å²) in [5, 5.41) is 9.14. The second-order valence-electron chi connectivity index (χ2n) is 3.04. The van der Waals surface area contributed by atoms with Gasteiger partial charge in [-0.3, -0.25) is 9.97 Å². The maximum absolute atomic E-state index is 9.14. The largest absolute Gasteiger partial charge is 0.508 e. The summed E-state index contributed by atoms with van der Waals surface area (Å²) >= 11 is 0. The van der Waals surface area contributed by atoms with Gasteiger partial charge in [0.15, 0.2) is 0 Å². The molecule has 0 fully saturated rings. The van der Waals surface area contributed by atoms with Crippen molar-refractivity contribution in [1.82, 2.24) is 9.97 Å². The summed E-state index contributed by atoms with van der Waals surface area (Å²) in [5.41, 5.74) is 2.71. The molecule has 0 unspecified atom stereocenters. The Hall–Kier alpha value is -1.90. The van der Waals surface area contributed by atoms with Gasteiger partial charge >= 0.3 is 0 Å². The van der Waals surface area contributed by atoms with E-state index in [4.69, 9.17) is 5.11 Å². The Bertz CT molecular complexity index is 437. The average molecular weight is 186 g/mol. The number of aromatic nitrogens is 2. The van der Waals surface area contributed by atoms with E-state index in [1.165, 1.54) is 0 Å². The second-order valence-corrected chi connectivity index (χ2v) is 3.04. The van der Waals surface area contributed by atoms with Crippen LogP contribution in [0, 0.1) is 6.92 Å². The first-order valence-corrected chi connectivity index (χ1v) is 4.34. The van der Waals surface area contributed by atoms with Gasteiger partial charge in [0, 0.05) is 18.0 Å². The van der Waals surface area contributed by atoms with Crippen LogP contribution in [-0.4, -0.2) is 15.1 Å². The highest BCUT2D eigenvalue weighted by Gasteiger charge is 2.02. The van der Waals surface area contributed by atoms with Crippen molar-refractivity contribution in [2.75, 3.05) is 0 Å². The lowest BCUT2D eigenvalue weighted by Crippen LogP contribution is -1.89. The van der Waals surface area contributed by atoms with Crippen molar-refractivity contribution < 1.29 is 5.11 Å². The van der Waals surface area contributed by atoms with Crippen LogP contribution in [-0.2, 0) is 0 Å². The summed E-state index contributed by atoms with van der Waals surface area (Å²) in [7, 11) is 0. The summed E-state index contributed by atoms with van der Waals surface area (Å²) in [6.45, 7) is 1.91. The van der Waals surface area contributed by atoms with Crippen LogP contribution in [0.1, 0.15) is 5.69 Å². The summed E-state index contributed by atoms with van der Waals surface area (Å²) < 4.78 is 0. The van der Waals surface area contributed by atoms with Crippen molar-refractivity contribution in [3.63, 3.8) is 0 Å². The van der Waals surface area contributed by atoms with E-state index in [0.717, 1.165) is 17.0 Å². The number of aromatic hydroxyl groups is 1. The average Bonchev–Trinajstić information content (AvgIpc) is 2.20. The number of phenols is 1. The van der Waals surface area contributed by atoms with Gasteiger partial charge in [-0.05, 0) is 31.2 Å². The number of nitrogens with zero attached hydrogens (tertiary/aromatic N) is 2. The van der Waals surface area contributed by atoms with Crippen molar-refractivity contribution >= 4 is 0 Å². The Morgan fingerprint density at radius 1 is 1.00 bits per heavy atom. The molecule has 0 aliphatic heterocycles. The van der Waals surface area contributed by atoms with Crippen LogP contribution in [0.4, 0.5) is 0 Å². The third-order valence-electron chi connectivity index (χ3n) is 2.02. The standard InChI is InChI=1S/C11H10N2O/c1-8-11(13-7-6-12-8)9-2-4-10(14)5-3-9/h2-7,14H,1H3. The molecule has 0 amide bonds. The second kappa shape index (κ2) is 3.46. The lowest BCUT2D eigenvalue weighted by Gasteiger charge is -2.02. The van der Waals surface area contributed by atoms with E-state index in [1.807, 2.05) is 19.1 Å². The van der Waals surface area contributed by atoms with Gasteiger partial charge in [0.2, 0.25) is 0 Å². The van der Waals surface area contributed by atoms with Crippen molar-refractivity contribution in [3.05, 3.63) is 42.4 Å². The molecule has 1 aromatic heterocycles. The molecular weight excluding hydrogens is 176 g/mol. The Balaban J connectivity index is 2.50. The number of benzene rings is 1. The van der Waals surface area contributed by atoms with Crippen molar-refractivity contribution in [2.45, 2.75) is 6.92 Å². The first-order valence-electron chi connectivity index (χ1n) is 4.34. The molecule has 1 N–H and O–H groups in total. The van der Waals surface area contributed by atoms with Crippen LogP contribution in [0.25, 0.3) is 11.3 Å². The highest BCUT2D eigenvalue weighted by molar-refractivity contribution is 5.61. The van der Waals surface area contributed by atoms with E-state index in [2.05, 4.69) is 9.97 Å². The molecule has 0 bridgehead atoms. The molecule has 0 atom stereocenters. The topological polar surface area (TPSA) is 46.0 Å². The van der Waals surface area contributed by atoms with E-state index in [-0.39, 0.29) is 5.75 Å². The zero-order chi connectivity index (χ0) is 9.97. The number of hydrogen-bond acceptors (Lipinski definition) is 3. The molecule has 3 nitrogen and oxygen atoms in total. The highest BCUT2D eigenvalue weighted by atomic mass is 16.3. The lowest BCUT2D eigenvalue weighted by molar-refractivity contribution is 0.475. The van der Waals surface area contributed by atoms with Crippen molar-refractivity contribution in [1.29, 1.82) is 0 Å². The van der Waals surface area contributed by atoms with Gasteiger partial charge in [0.1, 0.15) is 5.75 Å². The van der Waals surface area contributed by atoms with Gasteiger partial charge < -0.3 is 5.11 Å². The molecule has 2 rings (SSSR count). The summed E-state index contributed by atoms with van der Waals surface area (Å²) in [4.78, 5) is 8.39. The fourth-order valence-electron chi connectivity index (χ4n) is 1.31. The van der Waals surface area contributed by atoms with Gasteiger partial charge in [-0.25, -0.2) is 0 Å². The number of rotatable bonds is 1. The maximum atomic E-state index is 9.14. The molecule has 70 valence electrons. The Morgan fingerprint density at radius 3 is 2.29 bits per heavy atom. The molecule has 1 heterocycles. The smallest absolute Gasteiger partial charge is 0.115 e. The zero-order valence-corrected chi connectivity index (χ0v) is 7.81. The first-order chi connectivity index (χ1) is 6.77. The molecule has 3 heteroatoms. The van der Waals surface area contributed by atoms with Crippen LogP contribution in [0.2, 0.25) is 0 Å². The third-order valence-corrected chi connectivity index (χ3v) is 2.02. The van der Waals surface area contributed by atoms with Crippen LogP contribution in [0.3, 0.4) is 0 Å². The Kier molecular flexibility index (Phi) is 2.14. The molecule has 0 aliphatic carbocycles. The molecule has 0 saturated carbocycles. The summed E-state index contributed by atoms with van der Waals surface area (Å²) in [5.74, 6) is 0.260. The quantitative estimate of drug-likeness (QED) is 0.742. The summed E-state index contributed by atoms with van der Waals surface area (Å²) in [6.07, 6.45) is 3.33. The molecule has 0 saturated heterocycles. The molecule has 0 aliphatic rings. The van der Waals surface area contributed by atoms with Gasteiger partial charge in [-0.15, -0.1) is 0 Å². The predicted octanol–water partition coefficient (Wildman–Crippen LogP) is 2.16. The molecule has 2 aromatic rings. The molecule has 0 radical (unpaired) electrons. The fraction of sp³-hybridized carbons (Fsp3) is 0.0909. The number of hydrogen-bond donors (Lipinski definition) is 1. The SMILES string of the molecule is Cc1nccnc1-c1ccc(O)cc1. The molecular formula is C11H10N2O. The van der Waals surface area contributed by atoms with Crippen LogP contribution >= 0.6 is 0 Å². The van der Waals surface area contributed by atoms with Crippen LogP contribution < -0.4 is 0 Å². The monoisotopic (exact) mass is 186 g/mol. The van der Waals surface area contributed by atoms with Gasteiger partial charge in [-0.1, -0.05) is 0 Å². The Labute approximate surface area is 82.1 Å². The van der Waals surface area contributed by atoms with Gasteiger partial charge in [0.05, 0.1) is 11.4 Å². The third kappa shape index (κ3) is 1.57. The first kappa shape index (κ1) is 8.69. The van der Waals surface area contributed by atoms with Crippen molar-refractivity contribution in [2.24, 2.45) is 0 Å². The highest BCUT2D eigenvalue weighted by Crippen LogP contribution is 2.21. The van der Waals surface area contributed by atoms with E-state index >= 15 is 0 Å². The lowest BCUT2D eigenvalue weighted by atomic mass is 10.1. The minimum absolute atomic E-state index is 0.260. The zero-order valence-electron chi connectivity index (χ0n) is 7.81. The van der Waals surface area contributed by atoms with Crippen LogP contribution in [0.5, 0.6) is 5.75 Å². The maximum Gasteiger partial charge on any atom is 0.115 e. The minimum Gasteiger partial charge on any atom is -0.508 e. The normalized spacial score (nSPS) is 10.1. The summed E-state index contributed by atoms with van der Waals surface area (Å²) in [6, 6.07) is 6.94. The van der Waals surface area contributed by atoms with Crippen LogP contribution in [0.15, 0.2) is 36.7 Å². The molecule has 14 heavy (non-hydrogen) atoms. The molecule has 1 aromatic carbocycles. The molecule has 0 spiro atoms. The fourth-order valence-corrected chi connectivity index (χ4v) is 1.31. The van der Waals surface area contributed by atoms with E-state index in [1.54, 1.807) is 24.5 Å². The van der Waals surface area contributed by atoms with Crippen molar-refractivity contribution in [3.8, 4) is 17.0 Å². The van der Waals surface area contributed by atoms with Gasteiger partial charge in [-0.2, -0.15) is 0 Å². The number of phenolic OH excluding ortho intramolecular Hbond substituents is 1. The predicted molar refractivity (Wildman–Crippen MR) is 53.9 cm³/mol. The van der Waals surface area contributed by atoms with E-state index < -0.39 is 0 Å². The Morgan fingerprint density at radius 2 is 1.64 bits per heavy atom. The minimum atomic E-state index is 0.260. The number of aryl methyl sites for hydroxylation is 1. The van der Waals surface area contributed by atoms with E-state index in [0.29, 0.717) is 0 Å². The van der Waals surface area contributed by atoms with E-state index in [9.17, 15) is 0 Å². The van der Waals surface area contributed by atoms with Gasteiger partial charge in [0.25, 0.3) is 0 Å².